The molecular weight excluding hydrogens is 297 g/mol. The van der Waals surface area contributed by atoms with Crippen LogP contribution in [0.25, 0.3) is 0 Å². The van der Waals surface area contributed by atoms with Gasteiger partial charge in [0.1, 0.15) is 0 Å². The fourth-order valence-electron chi connectivity index (χ4n) is 1.80. The number of rotatable bonds is 4. The van der Waals surface area contributed by atoms with E-state index >= 15 is 0 Å². The van der Waals surface area contributed by atoms with Gasteiger partial charge in [0, 0.05) is 15.7 Å². The van der Waals surface area contributed by atoms with E-state index in [1.54, 1.807) is 42.5 Å². The molecule has 3 nitrogen and oxygen atoms in total. The molecule has 0 aliphatic heterocycles. The standard InChI is InChI=1S/C15H13Cl2NO2/c16-12-4-5-14(17)11(7-12)8-15(20)18-13-3-1-2-10(6-13)9-19/h1-7,19H,8-9H2,(H,18,20). The van der Waals surface area contributed by atoms with E-state index in [4.69, 9.17) is 28.3 Å². The summed E-state index contributed by atoms with van der Waals surface area (Å²) in [5.74, 6) is -0.191. The molecule has 0 radical (unpaired) electrons. The average molecular weight is 310 g/mol. The van der Waals surface area contributed by atoms with E-state index in [1.165, 1.54) is 0 Å². The summed E-state index contributed by atoms with van der Waals surface area (Å²) in [5.41, 5.74) is 2.05. The van der Waals surface area contributed by atoms with Crippen molar-refractivity contribution in [3.8, 4) is 0 Å². The van der Waals surface area contributed by atoms with Gasteiger partial charge in [-0.25, -0.2) is 0 Å². The van der Waals surface area contributed by atoms with Gasteiger partial charge >= 0.3 is 0 Å². The van der Waals surface area contributed by atoms with E-state index in [2.05, 4.69) is 5.32 Å². The van der Waals surface area contributed by atoms with Crippen molar-refractivity contribution >= 4 is 34.8 Å². The van der Waals surface area contributed by atoms with Crippen LogP contribution < -0.4 is 5.32 Å². The van der Waals surface area contributed by atoms with E-state index in [0.717, 1.165) is 5.56 Å². The first-order valence-electron chi connectivity index (χ1n) is 6.02. The van der Waals surface area contributed by atoms with Crippen LogP contribution in [0, 0.1) is 0 Å². The second-order valence-corrected chi connectivity index (χ2v) is 5.16. The normalized spacial score (nSPS) is 10.3. The molecule has 0 unspecified atom stereocenters. The van der Waals surface area contributed by atoms with Crippen molar-refractivity contribution in [3.63, 3.8) is 0 Å². The number of aliphatic hydroxyl groups is 1. The Bertz CT molecular complexity index is 629. The number of aliphatic hydroxyl groups excluding tert-OH is 1. The van der Waals surface area contributed by atoms with Gasteiger partial charge < -0.3 is 10.4 Å². The van der Waals surface area contributed by atoms with Crippen molar-refractivity contribution in [1.82, 2.24) is 0 Å². The molecule has 2 aromatic carbocycles. The Hall–Kier alpha value is -1.55. The minimum absolute atomic E-state index is 0.0656. The third-order valence-electron chi connectivity index (χ3n) is 2.75. The summed E-state index contributed by atoms with van der Waals surface area (Å²) in [7, 11) is 0. The Morgan fingerprint density at radius 1 is 1.15 bits per heavy atom. The molecule has 0 spiro atoms. The van der Waals surface area contributed by atoms with Gasteiger partial charge in [0.25, 0.3) is 0 Å². The molecule has 2 aromatic rings. The largest absolute Gasteiger partial charge is 0.392 e. The zero-order valence-electron chi connectivity index (χ0n) is 10.6. The molecular formula is C15H13Cl2NO2. The number of halogens is 2. The molecule has 0 saturated heterocycles. The van der Waals surface area contributed by atoms with Gasteiger partial charge in [-0.15, -0.1) is 0 Å². The highest BCUT2D eigenvalue weighted by Crippen LogP contribution is 2.21. The fraction of sp³-hybridized carbons (Fsp3) is 0.133. The first-order valence-corrected chi connectivity index (χ1v) is 6.77. The third-order valence-corrected chi connectivity index (χ3v) is 3.36. The molecule has 0 aliphatic carbocycles. The van der Waals surface area contributed by atoms with Crippen LogP contribution in [0.3, 0.4) is 0 Å². The number of benzene rings is 2. The van der Waals surface area contributed by atoms with E-state index in [9.17, 15) is 4.79 Å². The van der Waals surface area contributed by atoms with E-state index in [-0.39, 0.29) is 18.9 Å². The van der Waals surface area contributed by atoms with E-state index < -0.39 is 0 Å². The first kappa shape index (κ1) is 14.9. The van der Waals surface area contributed by atoms with Crippen molar-refractivity contribution < 1.29 is 9.90 Å². The van der Waals surface area contributed by atoms with Crippen molar-refractivity contribution in [2.45, 2.75) is 13.0 Å². The average Bonchev–Trinajstić information content (AvgIpc) is 2.43. The Balaban J connectivity index is 2.07. The Kier molecular flexibility index (Phi) is 5.01. The lowest BCUT2D eigenvalue weighted by atomic mass is 10.1. The number of amides is 1. The highest BCUT2D eigenvalue weighted by molar-refractivity contribution is 6.33. The van der Waals surface area contributed by atoms with Gasteiger partial charge in [-0.3, -0.25) is 4.79 Å². The van der Waals surface area contributed by atoms with Crippen LogP contribution in [0.15, 0.2) is 42.5 Å². The number of carbonyl (C=O) groups excluding carboxylic acids is 1. The van der Waals surface area contributed by atoms with Gasteiger partial charge in [0.05, 0.1) is 13.0 Å². The third kappa shape index (κ3) is 3.97. The molecule has 0 saturated carbocycles. The van der Waals surface area contributed by atoms with Crippen LogP contribution in [0.4, 0.5) is 5.69 Å². The summed E-state index contributed by atoms with van der Waals surface area (Å²) in [6, 6.07) is 12.0. The van der Waals surface area contributed by atoms with Gasteiger partial charge in [-0.2, -0.15) is 0 Å². The molecule has 2 rings (SSSR count). The van der Waals surface area contributed by atoms with Crippen LogP contribution in [-0.2, 0) is 17.8 Å². The van der Waals surface area contributed by atoms with Crippen LogP contribution >= 0.6 is 23.2 Å². The number of carbonyl (C=O) groups is 1. The maximum absolute atomic E-state index is 12.0. The smallest absolute Gasteiger partial charge is 0.228 e. The highest BCUT2D eigenvalue weighted by atomic mass is 35.5. The summed E-state index contributed by atoms with van der Waals surface area (Å²) in [5, 5.41) is 12.9. The van der Waals surface area contributed by atoms with Crippen molar-refractivity contribution in [2.24, 2.45) is 0 Å². The summed E-state index contributed by atoms with van der Waals surface area (Å²) in [6.07, 6.45) is 0.142. The molecule has 2 N–H and O–H groups in total. The number of hydrogen-bond acceptors (Lipinski definition) is 2. The van der Waals surface area contributed by atoms with Crippen LogP contribution in [-0.4, -0.2) is 11.0 Å². The van der Waals surface area contributed by atoms with Crippen LogP contribution in [0.5, 0.6) is 0 Å². The lowest BCUT2D eigenvalue weighted by Crippen LogP contribution is -2.14. The first-order chi connectivity index (χ1) is 9.58. The van der Waals surface area contributed by atoms with Crippen LogP contribution in [0.1, 0.15) is 11.1 Å². The molecule has 20 heavy (non-hydrogen) atoms. The predicted molar refractivity (Wildman–Crippen MR) is 81.2 cm³/mol. The molecule has 1 amide bonds. The minimum atomic E-state index is -0.191. The van der Waals surface area contributed by atoms with E-state index in [0.29, 0.717) is 21.3 Å². The summed E-state index contributed by atoms with van der Waals surface area (Å²) in [4.78, 5) is 12.0. The Labute approximate surface area is 127 Å². The molecule has 0 bridgehead atoms. The van der Waals surface area contributed by atoms with Crippen molar-refractivity contribution in [3.05, 3.63) is 63.6 Å². The summed E-state index contributed by atoms with van der Waals surface area (Å²) >= 11 is 11.9. The number of anilines is 1. The van der Waals surface area contributed by atoms with E-state index in [1.807, 2.05) is 0 Å². The molecule has 5 heteroatoms. The number of hydrogen-bond donors (Lipinski definition) is 2. The molecule has 0 atom stereocenters. The maximum atomic E-state index is 12.0. The lowest BCUT2D eigenvalue weighted by molar-refractivity contribution is -0.115. The predicted octanol–water partition coefficient (Wildman–Crippen LogP) is 3.67. The van der Waals surface area contributed by atoms with Crippen molar-refractivity contribution in [2.75, 3.05) is 5.32 Å². The molecule has 0 heterocycles. The quantitative estimate of drug-likeness (QED) is 0.905. The number of nitrogens with one attached hydrogen (secondary N) is 1. The summed E-state index contributed by atoms with van der Waals surface area (Å²) < 4.78 is 0. The zero-order chi connectivity index (χ0) is 14.5. The highest BCUT2D eigenvalue weighted by Gasteiger charge is 2.08. The Morgan fingerprint density at radius 2 is 1.95 bits per heavy atom. The maximum Gasteiger partial charge on any atom is 0.228 e. The molecule has 104 valence electrons. The second-order valence-electron chi connectivity index (χ2n) is 4.32. The van der Waals surface area contributed by atoms with Crippen LogP contribution in [0.2, 0.25) is 10.0 Å². The topological polar surface area (TPSA) is 49.3 Å². The van der Waals surface area contributed by atoms with Crippen molar-refractivity contribution in [1.29, 1.82) is 0 Å². The monoisotopic (exact) mass is 309 g/mol. The minimum Gasteiger partial charge on any atom is -0.392 e. The summed E-state index contributed by atoms with van der Waals surface area (Å²) in [6.45, 7) is -0.0656. The van der Waals surface area contributed by atoms with Gasteiger partial charge in [-0.05, 0) is 41.5 Å². The molecule has 0 fully saturated rings. The fourth-order valence-corrected chi connectivity index (χ4v) is 2.18. The SMILES string of the molecule is O=C(Cc1cc(Cl)ccc1Cl)Nc1cccc(CO)c1. The van der Waals surface area contributed by atoms with Gasteiger partial charge in [0.2, 0.25) is 5.91 Å². The van der Waals surface area contributed by atoms with Gasteiger partial charge in [0.15, 0.2) is 0 Å². The zero-order valence-corrected chi connectivity index (χ0v) is 12.1. The Morgan fingerprint density at radius 3 is 2.70 bits per heavy atom. The molecule has 0 aromatic heterocycles. The second kappa shape index (κ2) is 6.75. The molecule has 0 aliphatic rings. The lowest BCUT2D eigenvalue weighted by Gasteiger charge is -2.08. The van der Waals surface area contributed by atoms with Gasteiger partial charge in [-0.1, -0.05) is 35.3 Å².